The van der Waals surface area contributed by atoms with Gasteiger partial charge in [-0.15, -0.1) is 0 Å². The van der Waals surface area contributed by atoms with E-state index in [0.29, 0.717) is 5.02 Å². The molecule has 0 radical (unpaired) electrons. The summed E-state index contributed by atoms with van der Waals surface area (Å²) >= 11 is 5.92. The highest BCUT2D eigenvalue weighted by Crippen LogP contribution is 2.15. The highest BCUT2D eigenvalue weighted by molar-refractivity contribution is 6.30. The second kappa shape index (κ2) is 6.19. The van der Waals surface area contributed by atoms with Crippen molar-refractivity contribution in [3.63, 3.8) is 0 Å². The molecular weight excluding hydrogens is 306 g/mol. The molecule has 0 fully saturated rings. The van der Waals surface area contributed by atoms with Crippen LogP contribution in [0.25, 0.3) is 5.69 Å². The standard InChI is InChI=1S/C15H16ClN3O3/c1-15(2,14(21)22)9-17-13(20)12-6-7-19(18-12)11-5-3-4-10(16)8-11/h3-8H,9H2,1-2H3,(H,17,20)(H,21,22). The fourth-order valence-corrected chi connectivity index (χ4v) is 1.86. The van der Waals surface area contributed by atoms with Crippen LogP contribution >= 0.6 is 11.6 Å². The van der Waals surface area contributed by atoms with E-state index in [1.807, 2.05) is 6.07 Å². The number of rotatable bonds is 5. The first-order valence-corrected chi connectivity index (χ1v) is 7.00. The van der Waals surface area contributed by atoms with E-state index >= 15 is 0 Å². The predicted octanol–water partition coefficient (Wildman–Crippen LogP) is 2.37. The molecule has 0 aliphatic carbocycles. The maximum atomic E-state index is 12.0. The van der Waals surface area contributed by atoms with Crippen LogP contribution in [-0.4, -0.2) is 33.3 Å². The maximum absolute atomic E-state index is 12.0. The normalized spacial score (nSPS) is 11.2. The number of halogens is 1. The summed E-state index contributed by atoms with van der Waals surface area (Å²) in [6.07, 6.45) is 1.64. The summed E-state index contributed by atoms with van der Waals surface area (Å²) in [6, 6.07) is 8.63. The van der Waals surface area contributed by atoms with Gasteiger partial charge in [-0.05, 0) is 38.1 Å². The molecule has 0 spiro atoms. The Morgan fingerprint density at radius 3 is 2.73 bits per heavy atom. The Hall–Kier alpha value is -2.34. The Kier molecular flexibility index (Phi) is 4.51. The molecule has 22 heavy (non-hydrogen) atoms. The van der Waals surface area contributed by atoms with E-state index in [9.17, 15) is 9.59 Å². The molecule has 116 valence electrons. The van der Waals surface area contributed by atoms with Crippen LogP contribution in [-0.2, 0) is 4.79 Å². The van der Waals surface area contributed by atoms with Gasteiger partial charge in [-0.25, -0.2) is 4.68 Å². The molecule has 2 N–H and O–H groups in total. The lowest BCUT2D eigenvalue weighted by Gasteiger charge is -2.18. The molecule has 1 amide bonds. The number of carboxylic acid groups (broad SMARTS) is 1. The minimum atomic E-state index is -1.04. The van der Waals surface area contributed by atoms with Crippen LogP contribution in [0.2, 0.25) is 5.02 Å². The minimum absolute atomic E-state index is 0.0190. The van der Waals surface area contributed by atoms with Gasteiger partial charge >= 0.3 is 5.97 Å². The van der Waals surface area contributed by atoms with Crippen LogP contribution in [0.1, 0.15) is 24.3 Å². The largest absolute Gasteiger partial charge is 0.481 e. The fourth-order valence-electron chi connectivity index (χ4n) is 1.67. The van der Waals surface area contributed by atoms with E-state index in [1.54, 1.807) is 44.3 Å². The van der Waals surface area contributed by atoms with Crippen LogP contribution < -0.4 is 5.32 Å². The zero-order chi connectivity index (χ0) is 16.3. The summed E-state index contributed by atoms with van der Waals surface area (Å²) < 4.78 is 1.53. The second-order valence-electron chi connectivity index (χ2n) is 5.50. The SMILES string of the molecule is CC(C)(CNC(=O)c1ccn(-c2cccc(Cl)c2)n1)C(=O)O. The Balaban J connectivity index is 2.08. The van der Waals surface area contributed by atoms with Gasteiger partial charge in [0.1, 0.15) is 0 Å². The molecule has 2 aromatic rings. The van der Waals surface area contributed by atoms with Crippen molar-refractivity contribution in [2.75, 3.05) is 6.54 Å². The number of hydrogen-bond acceptors (Lipinski definition) is 3. The second-order valence-corrected chi connectivity index (χ2v) is 5.93. The minimum Gasteiger partial charge on any atom is -0.481 e. The molecule has 7 heteroatoms. The van der Waals surface area contributed by atoms with Crippen molar-refractivity contribution in [3.05, 3.63) is 47.2 Å². The summed E-state index contributed by atoms with van der Waals surface area (Å²) in [5.41, 5.74) is -0.0934. The van der Waals surface area contributed by atoms with Gasteiger partial charge < -0.3 is 10.4 Å². The van der Waals surface area contributed by atoms with Gasteiger partial charge in [-0.2, -0.15) is 5.10 Å². The molecule has 0 unspecified atom stereocenters. The lowest BCUT2D eigenvalue weighted by atomic mass is 9.94. The van der Waals surface area contributed by atoms with E-state index in [0.717, 1.165) is 5.69 Å². The third kappa shape index (κ3) is 3.65. The van der Waals surface area contributed by atoms with E-state index in [4.69, 9.17) is 16.7 Å². The number of benzene rings is 1. The molecule has 0 bridgehead atoms. The molecule has 1 heterocycles. The molecule has 2 rings (SSSR count). The molecule has 0 aliphatic rings. The molecule has 1 aromatic heterocycles. The van der Waals surface area contributed by atoms with Crippen molar-refractivity contribution in [2.24, 2.45) is 5.41 Å². The van der Waals surface area contributed by atoms with Crippen molar-refractivity contribution < 1.29 is 14.7 Å². The van der Waals surface area contributed by atoms with Crippen molar-refractivity contribution in [1.82, 2.24) is 15.1 Å². The Labute approximate surface area is 132 Å². The number of carbonyl (C=O) groups is 2. The molecule has 0 saturated heterocycles. The maximum Gasteiger partial charge on any atom is 0.310 e. The number of aromatic nitrogens is 2. The van der Waals surface area contributed by atoms with Crippen molar-refractivity contribution in [2.45, 2.75) is 13.8 Å². The Morgan fingerprint density at radius 2 is 2.09 bits per heavy atom. The molecule has 6 nitrogen and oxygen atoms in total. The lowest BCUT2D eigenvalue weighted by molar-refractivity contribution is -0.146. The highest BCUT2D eigenvalue weighted by Gasteiger charge is 2.28. The summed E-state index contributed by atoms with van der Waals surface area (Å²) in [4.78, 5) is 23.0. The van der Waals surface area contributed by atoms with Gasteiger partial charge in [0.15, 0.2) is 5.69 Å². The smallest absolute Gasteiger partial charge is 0.310 e. The van der Waals surface area contributed by atoms with Crippen molar-refractivity contribution in [1.29, 1.82) is 0 Å². The molecular formula is C15H16ClN3O3. The summed E-state index contributed by atoms with van der Waals surface area (Å²) in [7, 11) is 0. The first kappa shape index (κ1) is 16.0. The first-order chi connectivity index (χ1) is 10.3. The van der Waals surface area contributed by atoms with Crippen molar-refractivity contribution >= 4 is 23.5 Å². The van der Waals surface area contributed by atoms with Gasteiger partial charge in [0.05, 0.1) is 11.1 Å². The lowest BCUT2D eigenvalue weighted by Crippen LogP contribution is -2.39. The van der Waals surface area contributed by atoms with E-state index in [-0.39, 0.29) is 12.2 Å². The average molecular weight is 322 g/mol. The third-order valence-electron chi connectivity index (χ3n) is 3.16. The molecule has 0 atom stereocenters. The van der Waals surface area contributed by atoms with Gasteiger partial charge in [0, 0.05) is 17.8 Å². The molecule has 1 aromatic carbocycles. The summed E-state index contributed by atoms with van der Waals surface area (Å²) in [5.74, 6) is -1.40. The van der Waals surface area contributed by atoms with E-state index in [2.05, 4.69) is 10.4 Å². The number of aliphatic carboxylic acids is 1. The van der Waals surface area contributed by atoms with Gasteiger partial charge in [-0.1, -0.05) is 17.7 Å². The predicted molar refractivity (Wildman–Crippen MR) is 82.3 cm³/mol. The van der Waals surface area contributed by atoms with Crippen LogP contribution in [0, 0.1) is 5.41 Å². The fraction of sp³-hybridized carbons (Fsp3) is 0.267. The number of nitrogens with one attached hydrogen (secondary N) is 1. The summed E-state index contributed by atoms with van der Waals surface area (Å²) in [6.45, 7) is 3.10. The van der Waals surface area contributed by atoms with E-state index in [1.165, 1.54) is 4.68 Å². The zero-order valence-corrected chi connectivity index (χ0v) is 13.0. The number of carboxylic acids is 1. The van der Waals surface area contributed by atoms with Crippen LogP contribution in [0.15, 0.2) is 36.5 Å². The summed E-state index contributed by atoms with van der Waals surface area (Å²) in [5, 5.41) is 16.3. The zero-order valence-electron chi connectivity index (χ0n) is 12.2. The quantitative estimate of drug-likeness (QED) is 0.885. The Bertz CT molecular complexity index is 710. The van der Waals surface area contributed by atoms with E-state index < -0.39 is 17.3 Å². The third-order valence-corrected chi connectivity index (χ3v) is 3.40. The van der Waals surface area contributed by atoms with Crippen LogP contribution in [0.4, 0.5) is 0 Å². The molecule has 0 aliphatic heterocycles. The van der Waals surface area contributed by atoms with Gasteiger partial charge in [0.2, 0.25) is 0 Å². The number of hydrogen-bond donors (Lipinski definition) is 2. The van der Waals surface area contributed by atoms with Gasteiger partial charge in [-0.3, -0.25) is 9.59 Å². The first-order valence-electron chi connectivity index (χ1n) is 6.63. The molecule has 0 saturated carbocycles. The number of nitrogens with zero attached hydrogens (tertiary/aromatic N) is 2. The highest BCUT2D eigenvalue weighted by atomic mass is 35.5. The number of carbonyl (C=O) groups excluding carboxylic acids is 1. The Morgan fingerprint density at radius 1 is 1.36 bits per heavy atom. The van der Waals surface area contributed by atoms with Crippen LogP contribution in [0.5, 0.6) is 0 Å². The van der Waals surface area contributed by atoms with Crippen LogP contribution in [0.3, 0.4) is 0 Å². The number of amides is 1. The van der Waals surface area contributed by atoms with Gasteiger partial charge in [0.25, 0.3) is 5.91 Å². The van der Waals surface area contributed by atoms with Crippen molar-refractivity contribution in [3.8, 4) is 5.69 Å². The average Bonchev–Trinajstić information content (AvgIpc) is 2.94. The topological polar surface area (TPSA) is 84.2 Å². The monoisotopic (exact) mass is 321 g/mol.